The first-order chi connectivity index (χ1) is 13.4. The van der Waals surface area contributed by atoms with Crippen molar-refractivity contribution in [3.05, 3.63) is 70.0 Å². The summed E-state index contributed by atoms with van der Waals surface area (Å²) >= 11 is 0. The van der Waals surface area contributed by atoms with E-state index in [-0.39, 0.29) is 23.1 Å². The van der Waals surface area contributed by atoms with Gasteiger partial charge in [-0.3, -0.25) is 4.79 Å². The van der Waals surface area contributed by atoms with E-state index in [1.54, 1.807) is 12.1 Å². The van der Waals surface area contributed by atoms with Gasteiger partial charge in [0.2, 0.25) is 0 Å². The van der Waals surface area contributed by atoms with Crippen LogP contribution in [-0.4, -0.2) is 35.4 Å². The topological polar surface area (TPSA) is 40.5 Å². The molecule has 2 atom stereocenters. The van der Waals surface area contributed by atoms with E-state index in [1.165, 1.54) is 28.8 Å². The van der Waals surface area contributed by atoms with Crippen LogP contribution in [0.3, 0.4) is 0 Å². The van der Waals surface area contributed by atoms with Crippen LogP contribution in [0, 0.1) is 19.7 Å². The standard InChI is InChI=1S/C24H28FNO2/c1-16-12-17(2)23-20(13-16)22(28)14-24(23)9-11-26(15-24)10-3-4-21(27)18-5-7-19(25)8-6-18/h5-8,12-13,22,28H,3-4,9-11,14-15H2,1-2H3. The Morgan fingerprint density at radius 3 is 2.75 bits per heavy atom. The SMILES string of the molecule is Cc1cc(C)c2c(c1)C(O)CC21CCN(CCCC(=O)c2ccc(F)cc2)C1. The third-order valence-electron chi connectivity index (χ3n) is 6.46. The van der Waals surface area contributed by atoms with Crippen LogP contribution in [0.4, 0.5) is 4.39 Å². The number of hydrogen-bond acceptors (Lipinski definition) is 3. The summed E-state index contributed by atoms with van der Waals surface area (Å²) in [6.07, 6.45) is 2.78. The molecule has 1 aliphatic heterocycles. The first-order valence-corrected chi connectivity index (χ1v) is 10.2. The minimum absolute atomic E-state index is 0.0491. The van der Waals surface area contributed by atoms with Gasteiger partial charge in [-0.25, -0.2) is 4.39 Å². The monoisotopic (exact) mass is 381 g/mol. The van der Waals surface area contributed by atoms with Crippen molar-refractivity contribution in [2.24, 2.45) is 0 Å². The summed E-state index contributed by atoms with van der Waals surface area (Å²) in [5.41, 5.74) is 5.61. The minimum Gasteiger partial charge on any atom is -0.388 e. The van der Waals surface area contributed by atoms with E-state index in [1.807, 2.05) is 0 Å². The molecule has 28 heavy (non-hydrogen) atoms. The van der Waals surface area contributed by atoms with E-state index in [0.29, 0.717) is 12.0 Å². The fourth-order valence-corrected chi connectivity index (χ4v) is 5.33. The minimum atomic E-state index is -0.367. The van der Waals surface area contributed by atoms with Gasteiger partial charge < -0.3 is 10.0 Å². The fourth-order valence-electron chi connectivity index (χ4n) is 5.33. The zero-order valence-corrected chi connectivity index (χ0v) is 16.7. The van der Waals surface area contributed by atoms with Gasteiger partial charge in [0.15, 0.2) is 5.78 Å². The number of carbonyl (C=O) groups excluding carboxylic acids is 1. The summed E-state index contributed by atoms with van der Waals surface area (Å²) in [7, 11) is 0. The molecule has 0 aromatic heterocycles. The number of nitrogens with zero attached hydrogens (tertiary/aromatic N) is 1. The normalized spacial score (nSPS) is 24.1. The average Bonchev–Trinajstić information content (AvgIpc) is 3.16. The van der Waals surface area contributed by atoms with Gasteiger partial charge in [0.25, 0.3) is 0 Å². The number of fused-ring (bicyclic) bond motifs is 2. The maximum Gasteiger partial charge on any atom is 0.162 e. The number of aliphatic hydroxyl groups is 1. The summed E-state index contributed by atoms with van der Waals surface area (Å²) < 4.78 is 13.0. The van der Waals surface area contributed by atoms with Gasteiger partial charge in [0, 0.05) is 23.9 Å². The quantitative estimate of drug-likeness (QED) is 0.776. The Hall–Kier alpha value is -2.04. The molecular formula is C24H28FNO2. The molecule has 2 aromatic carbocycles. The van der Waals surface area contributed by atoms with Crippen LogP contribution < -0.4 is 0 Å². The number of aryl methyl sites for hydroxylation is 2. The third-order valence-corrected chi connectivity index (χ3v) is 6.46. The van der Waals surface area contributed by atoms with Crippen LogP contribution in [0.5, 0.6) is 0 Å². The van der Waals surface area contributed by atoms with Gasteiger partial charge >= 0.3 is 0 Å². The maximum atomic E-state index is 13.0. The molecule has 2 aliphatic rings. The Morgan fingerprint density at radius 2 is 2.00 bits per heavy atom. The fraction of sp³-hybridized carbons (Fsp3) is 0.458. The van der Waals surface area contributed by atoms with E-state index >= 15 is 0 Å². The summed E-state index contributed by atoms with van der Waals surface area (Å²) in [5.74, 6) is -0.245. The highest BCUT2D eigenvalue weighted by atomic mass is 19.1. The molecule has 148 valence electrons. The predicted octanol–water partition coefficient (Wildman–Crippen LogP) is 4.49. The Bertz CT molecular complexity index is 892. The zero-order valence-electron chi connectivity index (χ0n) is 16.7. The van der Waals surface area contributed by atoms with Crippen molar-refractivity contribution in [2.45, 2.75) is 51.0 Å². The van der Waals surface area contributed by atoms with Gasteiger partial charge in [-0.1, -0.05) is 17.7 Å². The van der Waals surface area contributed by atoms with Crippen LogP contribution in [0.25, 0.3) is 0 Å². The molecule has 0 bridgehead atoms. The Kier molecular flexibility index (Phi) is 5.11. The molecule has 1 saturated heterocycles. The second kappa shape index (κ2) is 7.41. The van der Waals surface area contributed by atoms with Crippen molar-refractivity contribution in [1.29, 1.82) is 0 Å². The van der Waals surface area contributed by atoms with E-state index in [2.05, 4.69) is 30.9 Å². The number of likely N-dealkylation sites (tertiary alicyclic amines) is 1. The van der Waals surface area contributed by atoms with Gasteiger partial charge in [-0.2, -0.15) is 0 Å². The highest BCUT2D eigenvalue weighted by molar-refractivity contribution is 5.95. The van der Waals surface area contributed by atoms with Crippen molar-refractivity contribution in [3.63, 3.8) is 0 Å². The van der Waals surface area contributed by atoms with Crippen molar-refractivity contribution >= 4 is 5.78 Å². The number of halogens is 1. The predicted molar refractivity (Wildman–Crippen MR) is 108 cm³/mol. The molecule has 1 heterocycles. The smallest absolute Gasteiger partial charge is 0.162 e. The molecule has 2 unspecified atom stereocenters. The Morgan fingerprint density at radius 1 is 1.25 bits per heavy atom. The van der Waals surface area contributed by atoms with E-state index in [4.69, 9.17) is 0 Å². The Labute approximate surface area is 166 Å². The highest BCUT2D eigenvalue weighted by Gasteiger charge is 2.48. The van der Waals surface area contributed by atoms with Crippen LogP contribution in [-0.2, 0) is 5.41 Å². The molecule has 3 nitrogen and oxygen atoms in total. The lowest BCUT2D eigenvalue weighted by Crippen LogP contribution is -2.30. The molecule has 1 fully saturated rings. The molecule has 2 aromatic rings. The van der Waals surface area contributed by atoms with Crippen LogP contribution in [0.1, 0.15) is 64.4 Å². The summed E-state index contributed by atoms with van der Waals surface area (Å²) in [6, 6.07) is 10.2. The van der Waals surface area contributed by atoms with Crippen molar-refractivity contribution in [2.75, 3.05) is 19.6 Å². The number of ketones is 1. The number of carbonyl (C=O) groups is 1. The molecule has 1 aliphatic carbocycles. The third kappa shape index (κ3) is 3.51. The van der Waals surface area contributed by atoms with Crippen molar-refractivity contribution < 1.29 is 14.3 Å². The lowest BCUT2D eigenvalue weighted by Gasteiger charge is -2.27. The number of hydrogen-bond donors (Lipinski definition) is 1. The van der Waals surface area contributed by atoms with Gasteiger partial charge in [0.05, 0.1) is 6.10 Å². The molecule has 4 heteroatoms. The zero-order chi connectivity index (χ0) is 19.9. The van der Waals surface area contributed by atoms with Gasteiger partial charge in [-0.05, 0) is 87.2 Å². The van der Waals surface area contributed by atoms with E-state index in [0.717, 1.165) is 44.5 Å². The first kappa shape index (κ1) is 19.3. The van der Waals surface area contributed by atoms with Crippen LogP contribution in [0.2, 0.25) is 0 Å². The lowest BCUT2D eigenvalue weighted by molar-refractivity contribution is 0.0975. The van der Waals surface area contributed by atoms with Crippen molar-refractivity contribution in [1.82, 2.24) is 4.90 Å². The lowest BCUT2D eigenvalue weighted by atomic mass is 9.79. The van der Waals surface area contributed by atoms with Gasteiger partial charge in [0.1, 0.15) is 5.82 Å². The number of rotatable bonds is 5. The van der Waals surface area contributed by atoms with E-state index < -0.39 is 0 Å². The molecule has 0 amide bonds. The summed E-state index contributed by atoms with van der Waals surface area (Å²) in [4.78, 5) is 14.7. The molecule has 1 N–H and O–H groups in total. The second-order valence-corrected chi connectivity index (χ2v) is 8.61. The molecule has 1 spiro atoms. The van der Waals surface area contributed by atoms with Crippen molar-refractivity contribution in [3.8, 4) is 0 Å². The van der Waals surface area contributed by atoms with Crippen LogP contribution >= 0.6 is 0 Å². The second-order valence-electron chi connectivity index (χ2n) is 8.61. The first-order valence-electron chi connectivity index (χ1n) is 10.2. The molecular weight excluding hydrogens is 353 g/mol. The number of aliphatic hydroxyl groups excluding tert-OH is 1. The largest absolute Gasteiger partial charge is 0.388 e. The summed E-state index contributed by atoms with van der Waals surface area (Å²) in [6.45, 7) is 7.08. The van der Waals surface area contributed by atoms with E-state index in [9.17, 15) is 14.3 Å². The van der Waals surface area contributed by atoms with Crippen LogP contribution in [0.15, 0.2) is 36.4 Å². The molecule has 0 saturated carbocycles. The molecule has 4 rings (SSSR count). The average molecular weight is 381 g/mol. The molecule has 0 radical (unpaired) electrons. The number of Topliss-reactive ketones (excluding diaryl/α,β-unsaturated/α-hetero) is 1. The maximum absolute atomic E-state index is 13.0. The van der Waals surface area contributed by atoms with Gasteiger partial charge in [-0.15, -0.1) is 0 Å². The number of benzene rings is 2. The highest BCUT2D eigenvalue weighted by Crippen LogP contribution is 2.51. The summed E-state index contributed by atoms with van der Waals surface area (Å²) in [5, 5.41) is 10.6. The Balaban J connectivity index is 1.38.